The van der Waals surface area contributed by atoms with Crippen molar-refractivity contribution in [2.24, 2.45) is 0 Å². The predicted molar refractivity (Wildman–Crippen MR) is 134 cm³/mol. The van der Waals surface area contributed by atoms with Gasteiger partial charge in [-0.25, -0.2) is 13.2 Å². The normalized spacial score (nSPS) is 14.9. The van der Waals surface area contributed by atoms with Gasteiger partial charge in [0.2, 0.25) is 6.10 Å². The first-order chi connectivity index (χ1) is 17.2. The Morgan fingerprint density at radius 3 is 2.50 bits per heavy atom. The number of para-hydroxylation sites is 2. The van der Waals surface area contributed by atoms with Gasteiger partial charge in [-0.2, -0.15) is 0 Å². The smallest absolute Gasteiger partial charge is 0.348 e. The van der Waals surface area contributed by atoms with E-state index in [-0.39, 0.29) is 18.0 Å². The zero-order valence-corrected chi connectivity index (χ0v) is 20.9. The summed E-state index contributed by atoms with van der Waals surface area (Å²) in [6.07, 6.45) is -0.956. The lowest BCUT2D eigenvalue weighted by Gasteiger charge is -2.33. The van der Waals surface area contributed by atoms with Gasteiger partial charge in [-0.3, -0.25) is 9.52 Å². The summed E-state index contributed by atoms with van der Waals surface area (Å²) in [5.41, 5.74) is 2.77. The number of sulfonamides is 1. The van der Waals surface area contributed by atoms with Gasteiger partial charge < -0.3 is 19.1 Å². The summed E-state index contributed by atoms with van der Waals surface area (Å²) in [6.45, 7) is 3.36. The number of hydrogen-bond acceptors (Lipinski definition) is 7. The Kier molecular flexibility index (Phi) is 7.16. The van der Waals surface area contributed by atoms with Crippen LogP contribution in [0.15, 0.2) is 71.6 Å². The number of rotatable bonds is 7. The second kappa shape index (κ2) is 10.3. The van der Waals surface area contributed by atoms with Crippen molar-refractivity contribution in [1.82, 2.24) is 0 Å². The van der Waals surface area contributed by atoms with Crippen LogP contribution in [-0.4, -0.2) is 46.7 Å². The number of fused-ring (bicyclic) bond motifs is 1. The van der Waals surface area contributed by atoms with Gasteiger partial charge in [-0.15, -0.1) is 0 Å². The number of methoxy groups -OCH3 is 1. The van der Waals surface area contributed by atoms with Crippen molar-refractivity contribution in [2.75, 3.05) is 29.9 Å². The average molecular weight is 511 g/mol. The topological polar surface area (TPSA) is 111 Å². The Morgan fingerprint density at radius 2 is 1.78 bits per heavy atom. The summed E-state index contributed by atoms with van der Waals surface area (Å²) in [6, 6.07) is 18.2. The zero-order chi connectivity index (χ0) is 25.9. The van der Waals surface area contributed by atoms with E-state index in [1.165, 1.54) is 36.3 Å². The molecule has 1 atom stereocenters. The van der Waals surface area contributed by atoms with Crippen LogP contribution in [0.3, 0.4) is 0 Å². The number of benzene rings is 3. The molecule has 1 amide bonds. The molecule has 3 aromatic carbocycles. The van der Waals surface area contributed by atoms with Gasteiger partial charge in [0.1, 0.15) is 11.5 Å². The van der Waals surface area contributed by atoms with Crippen molar-refractivity contribution >= 4 is 33.3 Å². The summed E-state index contributed by atoms with van der Waals surface area (Å²) in [7, 11) is -2.55. The maximum Gasteiger partial charge on any atom is 0.348 e. The van der Waals surface area contributed by atoms with Gasteiger partial charge in [0, 0.05) is 0 Å². The maximum absolute atomic E-state index is 13.0. The van der Waals surface area contributed by atoms with E-state index in [1.54, 1.807) is 30.3 Å². The quantitative estimate of drug-likeness (QED) is 0.485. The molecule has 4 rings (SSSR count). The van der Waals surface area contributed by atoms with E-state index in [0.29, 0.717) is 22.9 Å². The molecule has 10 heteroatoms. The van der Waals surface area contributed by atoms with Crippen LogP contribution in [0.1, 0.15) is 11.1 Å². The number of aryl methyl sites for hydroxylation is 2. The van der Waals surface area contributed by atoms with Crippen molar-refractivity contribution in [3.8, 4) is 11.5 Å². The Bertz CT molecular complexity index is 1390. The third-order valence-electron chi connectivity index (χ3n) is 5.67. The number of nitrogens with zero attached hydrogens (tertiary/aromatic N) is 1. The van der Waals surface area contributed by atoms with Crippen LogP contribution in [0, 0.1) is 13.8 Å². The molecule has 0 radical (unpaired) electrons. The molecule has 0 aliphatic carbocycles. The van der Waals surface area contributed by atoms with E-state index >= 15 is 0 Å². The van der Waals surface area contributed by atoms with Crippen LogP contribution in [0.5, 0.6) is 11.5 Å². The summed E-state index contributed by atoms with van der Waals surface area (Å²) >= 11 is 0. The molecule has 36 heavy (non-hydrogen) atoms. The molecule has 3 aromatic rings. The van der Waals surface area contributed by atoms with E-state index in [9.17, 15) is 18.0 Å². The lowest BCUT2D eigenvalue weighted by atomic mass is 10.1. The van der Waals surface area contributed by atoms with Crippen molar-refractivity contribution in [1.29, 1.82) is 0 Å². The highest BCUT2D eigenvalue weighted by Gasteiger charge is 2.34. The molecule has 0 fully saturated rings. The second-order valence-corrected chi connectivity index (χ2v) is 9.97. The number of nitrogens with one attached hydrogen (secondary N) is 1. The van der Waals surface area contributed by atoms with Gasteiger partial charge in [0.15, 0.2) is 6.61 Å². The molecule has 0 saturated carbocycles. The number of carbonyl (C=O) groups excluding carboxylic acids is 2. The molecule has 0 spiro atoms. The molecule has 0 bridgehead atoms. The Labute approximate surface area is 209 Å². The van der Waals surface area contributed by atoms with Crippen LogP contribution in [0.2, 0.25) is 0 Å². The number of amides is 1. The number of carbonyl (C=O) groups is 2. The molecule has 1 heterocycles. The van der Waals surface area contributed by atoms with Crippen LogP contribution >= 0.6 is 0 Å². The van der Waals surface area contributed by atoms with Crippen molar-refractivity contribution in [3.05, 3.63) is 77.9 Å². The van der Waals surface area contributed by atoms with Crippen LogP contribution in [0.25, 0.3) is 0 Å². The Balaban J connectivity index is 1.43. The highest BCUT2D eigenvalue weighted by molar-refractivity contribution is 7.92. The van der Waals surface area contributed by atoms with Gasteiger partial charge in [-0.05, 0) is 67.4 Å². The van der Waals surface area contributed by atoms with E-state index in [2.05, 4.69) is 4.72 Å². The number of esters is 1. The first-order valence-electron chi connectivity index (χ1n) is 11.1. The molecule has 1 aliphatic rings. The van der Waals surface area contributed by atoms with Gasteiger partial charge in [0.25, 0.3) is 15.9 Å². The lowest BCUT2D eigenvalue weighted by molar-refractivity contribution is -0.148. The molecular weight excluding hydrogens is 484 g/mol. The van der Waals surface area contributed by atoms with Crippen molar-refractivity contribution in [2.45, 2.75) is 24.8 Å². The van der Waals surface area contributed by atoms with E-state index < -0.39 is 28.0 Å². The fourth-order valence-electron chi connectivity index (χ4n) is 3.71. The van der Waals surface area contributed by atoms with Crippen LogP contribution < -0.4 is 19.1 Å². The Morgan fingerprint density at radius 1 is 1.06 bits per heavy atom. The molecule has 0 saturated heterocycles. The fourth-order valence-corrected chi connectivity index (χ4v) is 4.83. The molecule has 0 unspecified atom stereocenters. The number of ether oxygens (including phenoxy) is 3. The average Bonchev–Trinajstić information content (AvgIpc) is 2.88. The predicted octanol–water partition coefficient (Wildman–Crippen LogP) is 3.45. The van der Waals surface area contributed by atoms with E-state index in [4.69, 9.17) is 14.2 Å². The third-order valence-corrected chi connectivity index (χ3v) is 7.05. The maximum atomic E-state index is 13.0. The summed E-state index contributed by atoms with van der Waals surface area (Å²) in [4.78, 5) is 26.5. The van der Waals surface area contributed by atoms with E-state index in [1.807, 2.05) is 26.0 Å². The van der Waals surface area contributed by atoms with Crippen molar-refractivity contribution < 1.29 is 32.2 Å². The molecule has 0 aromatic heterocycles. The van der Waals surface area contributed by atoms with Crippen LogP contribution in [-0.2, 0) is 24.3 Å². The van der Waals surface area contributed by atoms with Gasteiger partial charge >= 0.3 is 5.97 Å². The number of anilines is 2. The SMILES string of the molecule is COC(=O)[C@H]1CN(C(=O)COc2ccc(S(=O)(=O)Nc3cc(C)ccc3C)cc2)c2ccccc2O1. The monoisotopic (exact) mass is 510 g/mol. The minimum absolute atomic E-state index is 0.0207. The minimum atomic E-state index is -3.81. The van der Waals surface area contributed by atoms with E-state index in [0.717, 1.165) is 11.1 Å². The first kappa shape index (κ1) is 25.1. The first-order valence-corrected chi connectivity index (χ1v) is 12.6. The lowest BCUT2D eigenvalue weighted by Crippen LogP contribution is -2.48. The standard InChI is InChI=1S/C26H26N2O7S/c1-17-8-9-18(2)21(14-17)27-36(31,32)20-12-10-19(11-13-20)34-16-25(29)28-15-24(26(30)33-3)35-23-7-5-4-6-22(23)28/h4-14,24,27H,15-16H2,1-3H3/t24-/m1/s1. The van der Waals surface area contributed by atoms with Gasteiger partial charge in [0.05, 0.1) is 29.9 Å². The molecular formula is C26H26N2O7S. The highest BCUT2D eigenvalue weighted by atomic mass is 32.2. The van der Waals surface area contributed by atoms with Crippen LogP contribution in [0.4, 0.5) is 11.4 Å². The minimum Gasteiger partial charge on any atom is -0.484 e. The molecule has 1 N–H and O–H groups in total. The summed E-state index contributed by atoms with van der Waals surface area (Å²) < 4.78 is 44.3. The highest BCUT2D eigenvalue weighted by Crippen LogP contribution is 2.33. The third kappa shape index (κ3) is 5.44. The van der Waals surface area contributed by atoms with Crippen molar-refractivity contribution in [3.63, 3.8) is 0 Å². The molecule has 1 aliphatic heterocycles. The largest absolute Gasteiger partial charge is 0.484 e. The molecule has 188 valence electrons. The van der Waals surface area contributed by atoms with Gasteiger partial charge in [-0.1, -0.05) is 24.3 Å². The summed E-state index contributed by atoms with van der Waals surface area (Å²) in [5, 5.41) is 0. The zero-order valence-electron chi connectivity index (χ0n) is 20.1. The second-order valence-electron chi connectivity index (χ2n) is 8.29. The summed E-state index contributed by atoms with van der Waals surface area (Å²) in [5.74, 6) is -0.277. The fraction of sp³-hybridized carbons (Fsp3) is 0.231. The Hall–Kier alpha value is -4.05. The molecule has 9 nitrogen and oxygen atoms in total. The number of hydrogen-bond donors (Lipinski definition) is 1.